The molecule has 0 radical (unpaired) electrons. The molecule has 2 N–H and O–H groups in total. The van der Waals surface area contributed by atoms with Crippen molar-refractivity contribution in [2.24, 2.45) is 5.73 Å². The molecule has 0 spiro atoms. The average Bonchev–Trinajstić information content (AvgIpc) is 2.95. The average molecular weight is 588 g/mol. The van der Waals surface area contributed by atoms with Crippen LogP contribution in [0.1, 0.15) is 71.6 Å². The third-order valence-corrected chi connectivity index (χ3v) is 5.69. The molecule has 0 unspecified atom stereocenters. The molecule has 0 bridgehead atoms. The minimum absolute atomic E-state index is 0.142. The monoisotopic (exact) mass is 587 g/mol. The van der Waals surface area contributed by atoms with E-state index in [9.17, 15) is 29.8 Å². The second kappa shape index (κ2) is 17.2. The van der Waals surface area contributed by atoms with Gasteiger partial charge in [-0.2, -0.15) is 4.98 Å². The molecule has 0 aliphatic heterocycles. The largest absolute Gasteiger partial charge is 0.474 e. The Balaban J connectivity index is 0.000000420. The second-order valence-corrected chi connectivity index (χ2v) is 9.18. The zero-order chi connectivity index (χ0) is 32.0. The molecule has 0 aromatic carbocycles. The molecule has 0 fully saturated rings. The Morgan fingerprint density at radius 3 is 1.67 bits per heavy atom. The second-order valence-electron chi connectivity index (χ2n) is 9.18. The van der Waals surface area contributed by atoms with Crippen molar-refractivity contribution in [3.8, 4) is 11.8 Å². The van der Waals surface area contributed by atoms with Crippen LogP contribution in [0, 0.1) is 34.1 Å². The number of rotatable bonds is 15. The Hall–Kier alpha value is -4.72. The highest BCUT2D eigenvalue weighted by molar-refractivity contribution is 5.99. The minimum atomic E-state index is -0.870. The van der Waals surface area contributed by atoms with Gasteiger partial charge in [-0.3, -0.25) is 25.0 Å². The molecule has 2 aromatic rings. The first-order valence-electron chi connectivity index (χ1n) is 13.0. The third-order valence-electron chi connectivity index (χ3n) is 5.69. The van der Waals surface area contributed by atoms with E-state index in [0.29, 0.717) is 11.1 Å². The van der Waals surface area contributed by atoms with Gasteiger partial charge < -0.3 is 19.9 Å². The molecule has 2 aromatic heterocycles. The molecular formula is C28H37N5O9. The van der Waals surface area contributed by atoms with Gasteiger partial charge in [-0.1, -0.05) is 12.2 Å². The fraction of sp³-hybridized carbons (Fsp3) is 0.429. The number of allylic oxidation sites excluding steroid dienone is 2. The number of nitrogens with two attached hydrogens (primary N) is 1. The van der Waals surface area contributed by atoms with Gasteiger partial charge in [0, 0.05) is 23.3 Å². The van der Waals surface area contributed by atoms with Crippen LogP contribution in [-0.4, -0.2) is 57.4 Å². The smallest absolute Gasteiger partial charge is 0.364 e. The summed E-state index contributed by atoms with van der Waals surface area (Å²) in [6.45, 7) is 13.9. The van der Waals surface area contributed by atoms with Gasteiger partial charge in [0.25, 0.3) is 5.69 Å². The van der Waals surface area contributed by atoms with Crippen LogP contribution in [0.5, 0.6) is 11.8 Å². The first-order chi connectivity index (χ1) is 19.8. The van der Waals surface area contributed by atoms with Gasteiger partial charge in [-0.25, -0.2) is 9.78 Å². The number of nitrogens with zero attached hydrogens (tertiary/aromatic N) is 4. The molecule has 2 rings (SSSR count). The van der Waals surface area contributed by atoms with Crippen molar-refractivity contribution in [1.29, 1.82) is 0 Å². The lowest BCUT2D eigenvalue weighted by Crippen LogP contribution is -2.19. The van der Waals surface area contributed by atoms with E-state index in [4.69, 9.17) is 15.2 Å². The number of ether oxygens (including phenoxy) is 3. The summed E-state index contributed by atoms with van der Waals surface area (Å²) in [6.07, 6.45) is 6.28. The Morgan fingerprint density at radius 2 is 1.31 bits per heavy atom. The van der Waals surface area contributed by atoms with Crippen LogP contribution in [0.3, 0.4) is 0 Å². The van der Waals surface area contributed by atoms with Crippen molar-refractivity contribution in [2.45, 2.75) is 65.6 Å². The molecule has 2 heterocycles. The maximum atomic E-state index is 11.7. The summed E-state index contributed by atoms with van der Waals surface area (Å²) in [6, 6.07) is 2.54. The first-order valence-corrected chi connectivity index (χ1v) is 13.0. The van der Waals surface area contributed by atoms with Gasteiger partial charge in [-0.05, 0) is 53.4 Å². The predicted molar refractivity (Wildman–Crippen MR) is 155 cm³/mol. The highest BCUT2D eigenvalue weighted by Gasteiger charge is 2.26. The third kappa shape index (κ3) is 10.4. The number of carbonyl (C=O) groups excluding carboxylic acids is 2. The number of carbonyl (C=O) groups is 2. The summed E-state index contributed by atoms with van der Waals surface area (Å²) in [4.78, 5) is 51.9. The van der Waals surface area contributed by atoms with E-state index in [2.05, 4.69) is 27.9 Å². The van der Waals surface area contributed by atoms with Crippen LogP contribution in [0.2, 0.25) is 0 Å². The van der Waals surface area contributed by atoms with Crippen molar-refractivity contribution in [2.75, 3.05) is 13.7 Å². The highest BCUT2D eigenvalue weighted by Crippen LogP contribution is 2.27. The fourth-order valence-electron chi connectivity index (χ4n) is 3.43. The summed E-state index contributed by atoms with van der Waals surface area (Å²) in [5, 5.41) is 22.0. The van der Waals surface area contributed by atoms with Crippen LogP contribution in [0.15, 0.2) is 37.4 Å². The number of esters is 1. The number of Topliss-reactive ketones (excluding diaryl/α,β-unsaturated/α-hetero) is 1. The minimum Gasteiger partial charge on any atom is -0.474 e. The maximum Gasteiger partial charge on any atom is 0.364 e. The van der Waals surface area contributed by atoms with E-state index >= 15 is 0 Å². The zero-order valence-corrected chi connectivity index (χ0v) is 24.5. The summed E-state index contributed by atoms with van der Waals surface area (Å²) in [5.41, 5.74) is 4.87. The van der Waals surface area contributed by atoms with E-state index < -0.39 is 27.3 Å². The quantitative estimate of drug-likeness (QED) is 0.0963. The first kappa shape index (κ1) is 35.3. The number of hydrogen-bond donors (Lipinski definition) is 1. The molecule has 14 heteroatoms. The van der Waals surface area contributed by atoms with Crippen LogP contribution < -0.4 is 15.2 Å². The van der Waals surface area contributed by atoms with Crippen LogP contribution >= 0.6 is 0 Å². The van der Waals surface area contributed by atoms with Gasteiger partial charge in [0.2, 0.25) is 23.2 Å². The maximum absolute atomic E-state index is 11.7. The fourth-order valence-corrected chi connectivity index (χ4v) is 3.43. The SMILES string of the molecule is C=CCC[C@@H](C)Oc1nc(C(=O)CN)c([N+](=O)[O-])cc1C.C=CCC[C@@H](C)Oc1nc(C(=O)OC)c([N+](=O)[O-])cc1C. The molecule has 14 nitrogen and oxygen atoms in total. The van der Waals surface area contributed by atoms with E-state index in [1.807, 2.05) is 13.8 Å². The van der Waals surface area contributed by atoms with Gasteiger partial charge in [0.1, 0.15) is 0 Å². The Bertz CT molecular complexity index is 1210. The van der Waals surface area contributed by atoms with E-state index in [0.717, 1.165) is 32.8 Å². The number of methoxy groups -OCH3 is 1. The lowest BCUT2D eigenvalue weighted by atomic mass is 10.1. The van der Waals surface area contributed by atoms with Crippen molar-refractivity contribution in [3.05, 3.63) is 80.2 Å². The van der Waals surface area contributed by atoms with Gasteiger partial charge in [0.05, 0.1) is 35.7 Å². The molecule has 228 valence electrons. The zero-order valence-electron chi connectivity index (χ0n) is 24.5. The molecule has 0 saturated heterocycles. The summed E-state index contributed by atoms with van der Waals surface area (Å²) in [5.74, 6) is -1.05. The number of aromatic nitrogens is 2. The number of nitro groups is 2. The van der Waals surface area contributed by atoms with Crippen molar-refractivity contribution < 1.29 is 33.6 Å². The Morgan fingerprint density at radius 1 is 0.905 bits per heavy atom. The molecule has 0 saturated carbocycles. The van der Waals surface area contributed by atoms with E-state index in [1.165, 1.54) is 12.1 Å². The predicted octanol–water partition coefficient (Wildman–Crippen LogP) is 4.99. The van der Waals surface area contributed by atoms with Gasteiger partial charge >= 0.3 is 11.7 Å². The van der Waals surface area contributed by atoms with E-state index in [1.54, 1.807) is 26.0 Å². The van der Waals surface area contributed by atoms with Crippen molar-refractivity contribution in [1.82, 2.24) is 9.97 Å². The van der Waals surface area contributed by atoms with Crippen molar-refractivity contribution in [3.63, 3.8) is 0 Å². The Labute approximate surface area is 243 Å². The van der Waals surface area contributed by atoms with E-state index in [-0.39, 0.29) is 47.6 Å². The lowest BCUT2D eigenvalue weighted by Gasteiger charge is -2.15. The Kier molecular flexibility index (Phi) is 14.4. The molecule has 42 heavy (non-hydrogen) atoms. The van der Waals surface area contributed by atoms with Gasteiger partial charge in [-0.15, -0.1) is 13.2 Å². The van der Waals surface area contributed by atoms with Crippen LogP contribution in [0.25, 0.3) is 0 Å². The summed E-state index contributed by atoms with van der Waals surface area (Å²) < 4.78 is 15.8. The number of pyridine rings is 2. The number of aryl methyl sites for hydroxylation is 2. The number of ketones is 1. The van der Waals surface area contributed by atoms with Crippen molar-refractivity contribution >= 4 is 23.1 Å². The molecule has 2 atom stereocenters. The molecule has 0 amide bonds. The molecule has 0 aliphatic carbocycles. The standard InChI is InChI=1S/C14H19N3O4.C14H18N2O5/c1-4-5-6-10(3)21-14-9(2)7-11(17(19)20)13(16-14)12(18)8-15;1-5-6-7-10(3)21-13-9(2)8-11(16(18)19)12(15-13)14(17)20-4/h4,7,10H,1,5-6,8,15H2,2-3H3;5,8,10H,1,6-7H2,2-4H3/t2*10-/m11/s1. The van der Waals surface area contributed by atoms with Crippen LogP contribution in [-0.2, 0) is 4.74 Å². The summed E-state index contributed by atoms with van der Waals surface area (Å²) >= 11 is 0. The topological polar surface area (TPSA) is 200 Å². The lowest BCUT2D eigenvalue weighted by molar-refractivity contribution is -0.385. The van der Waals surface area contributed by atoms with Crippen LogP contribution in [0.4, 0.5) is 11.4 Å². The molecule has 0 aliphatic rings. The number of hydrogen-bond acceptors (Lipinski definition) is 12. The summed E-state index contributed by atoms with van der Waals surface area (Å²) in [7, 11) is 1.14. The normalized spacial score (nSPS) is 11.7. The highest BCUT2D eigenvalue weighted by atomic mass is 16.6. The van der Waals surface area contributed by atoms with Gasteiger partial charge in [0.15, 0.2) is 5.69 Å². The molecular weight excluding hydrogens is 550 g/mol.